The SMILES string of the molecule is C[C@H](CO)N(O)C(=O)OC(C)(C)C. The maximum atomic E-state index is 11.1. The minimum atomic E-state index is -0.853. The van der Waals surface area contributed by atoms with E-state index < -0.39 is 17.7 Å². The summed E-state index contributed by atoms with van der Waals surface area (Å²) in [5.41, 5.74) is -0.646. The van der Waals surface area contributed by atoms with Crippen LogP contribution in [0.5, 0.6) is 0 Å². The average molecular weight is 191 g/mol. The predicted molar refractivity (Wildman–Crippen MR) is 46.4 cm³/mol. The van der Waals surface area contributed by atoms with Gasteiger partial charge in [0.15, 0.2) is 0 Å². The molecule has 0 aliphatic rings. The molecule has 0 unspecified atom stereocenters. The molecule has 0 aliphatic carbocycles. The summed E-state index contributed by atoms with van der Waals surface area (Å²) in [5.74, 6) is 0. The predicted octanol–water partition coefficient (Wildman–Crippen LogP) is 0.994. The lowest BCUT2D eigenvalue weighted by Crippen LogP contribution is -2.41. The first-order chi connectivity index (χ1) is 5.78. The van der Waals surface area contributed by atoms with Crippen molar-refractivity contribution in [2.24, 2.45) is 0 Å². The molecule has 0 saturated heterocycles. The number of hydrogen-bond donors (Lipinski definition) is 2. The fraction of sp³-hybridized carbons (Fsp3) is 0.875. The maximum Gasteiger partial charge on any atom is 0.434 e. The van der Waals surface area contributed by atoms with E-state index in [9.17, 15) is 4.79 Å². The van der Waals surface area contributed by atoms with Gasteiger partial charge in [-0.05, 0) is 27.7 Å². The minimum absolute atomic E-state index is 0.310. The van der Waals surface area contributed by atoms with Gasteiger partial charge in [0.25, 0.3) is 0 Å². The number of ether oxygens (including phenoxy) is 1. The van der Waals surface area contributed by atoms with Crippen LogP contribution < -0.4 is 0 Å². The van der Waals surface area contributed by atoms with Crippen molar-refractivity contribution in [1.82, 2.24) is 5.06 Å². The molecule has 0 aromatic rings. The van der Waals surface area contributed by atoms with E-state index in [1.807, 2.05) is 0 Å². The van der Waals surface area contributed by atoms with Gasteiger partial charge in [-0.2, -0.15) is 5.06 Å². The van der Waals surface area contributed by atoms with Gasteiger partial charge in [-0.3, -0.25) is 5.21 Å². The van der Waals surface area contributed by atoms with E-state index >= 15 is 0 Å². The van der Waals surface area contributed by atoms with Crippen LogP contribution in [0.3, 0.4) is 0 Å². The second kappa shape index (κ2) is 4.43. The largest absolute Gasteiger partial charge is 0.442 e. The molecule has 1 amide bonds. The fourth-order valence-electron chi connectivity index (χ4n) is 0.566. The van der Waals surface area contributed by atoms with Crippen LogP contribution in [-0.4, -0.2) is 39.7 Å². The average Bonchev–Trinajstić information content (AvgIpc) is 1.98. The molecule has 1 atom stereocenters. The van der Waals surface area contributed by atoms with E-state index in [-0.39, 0.29) is 6.61 Å². The van der Waals surface area contributed by atoms with Crippen molar-refractivity contribution in [2.45, 2.75) is 39.3 Å². The van der Waals surface area contributed by atoms with E-state index in [4.69, 9.17) is 15.1 Å². The highest BCUT2D eigenvalue weighted by Crippen LogP contribution is 2.10. The Labute approximate surface area is 77.9 Å². The molecule has 78 valence electrons. The van der Waals surface area contributed by atoms with Crippen molar-refractivity contribution >= 4 is 6.09 Å². The van der Waals surface area contributed by atoms with Gasteiger partial charge in [0.1, 0.15) is 5.60 Å². The molecule has 13 heavy (non-hydrogen) atoms. The first-order valence-electron chi connectivity index (χ1n) is 4.10. The lowest BCUT2D eigenvalue weighted by atomic mass is 10.2. The van der Waals surface area contributed by atoms with Crippen LogP contribution in [0.25, 0.3) is 0 Å². The van der Waals surface area contributed by atoms with Gasteiger partial charge >= 0.3 is 6.09 Å². The molecule has 0 spiro atoms. The Morgan fingerprint density at radius 2 is 2.00 bits per heavy atom. The van der Waals surface area contributed by atoms with Gasteiger partial charge in [-0.15, -0.1) is 0 Å². The van der Waals surface area contributed by atoms with E-state index in [1.54, 1.807) is 20.8 Å². The van der Waals surface area contributed by atoms with Crippen molar-refractivity contribution in [3.05, 3.63) is 0 Å². The van der Waals surface area contributed by atoms with Gasteiger partial charge in [-0.1, -0.05) is 0 Å². The molecule has 0 radical (unpaired) electrons. The summed E-state index contributed by atoms with van der Waals surface area (Å²) in [6, 6.07) is -0.658. The Bertz CT molecular complexity index is 175. The normalized spacial score (nSPS) is 13.7. The van der Waals surface area contributed by atoms with E-state index in [1.165, 1.54) is 6.92 Å². The topological polar surface area (TPSA) is 70.0 Å². The molecule has 0 aromatic carbocycles. The summed E-state index contributed by atoms with van der Waals surface area (Å²) in [5, 5.41) is 18.2. The summed E-state index contributed by atoms with van der Waals surface area (Å²) >= 11 is 0. The van der Waals surface area contributed by atoms with Crippen LogP contribution in [0.4, 0.5) is 4.79 Å². The standard InChI is InChI=1S/C8H17NO4/c1-6(5-10)9(12)7(11)13-8(2,3)4/h6,10,12H,5H2,1-4H3/t6-/m1/s1. The Kier molecular flexibility index (Phi) is 4.16. The quantitative estimate of drug-likeness (QED) is 0.504. The maximum absolute atomic E-state index is 11.1. The number of hydroxylamine groups is 2. The number of nitrogens with zero attached hydrogens (tertiary/aromatic N) is 1. The van der Waals surface area contributed by atoms with Crippen molar-refractivity contribution in [3.8, 4) is 0 Å². The fourth-order valence-corrected chi connectivity index (χ4v) is 0.566. The number of aliphatic hydroxyl groups excluding tert-OH is 1. The van der Waals surface area contributed by atoms with E-state index in [2.05, 4.69) is 0 Å². The monoisotopic (exact) mass is 191 g/mol. The highest BCUT2D eigenvalue weighted by Gasteiger charge is 2.24. The van der Waals surface area contributed by atoms with Crippen molar-refractivity contribution in [1.29, 1.82) is 0 Å². The summed E-state index contributed by atoms with van der Waals surface area (Å²) < 4.78 is 4.85. The lowest BCUT2D eigenvalue weighted by molar-refractivity contribution is -0.124. The first kappa shape index (κ1) is 12.2. The number of aliphatic hydroxyl groups is 1. The third-order valence-corrected chi connectivity index (χ3v) is 1.26. The minimum Gasteiger partial charge on any atom is -0.442 e. The van der Waals surface area contributed by atoms with Gasteiger partial charge in [0.05, 0.1) is 12.6 Å². The zero-order valence-electron chi connectivity index (χ0n) is 8.44. The molecular weight excluding hydrogens is 174 g/mol. The summed E-state index contributed by atoms with van der Waals surface area (Å²) in [6.07, 6.45) is -0.853. The van der Waals surface area contributed by atoms with E-state index in [0.29, 0.717) is 5.06 Å². The number of carbonyl (C=O) groups is 1. The zero-order valence-corrected chi connectivity index (χ0v) is 8.44. The molecule has 0 aromatic heterocycles. The molecule has 0 aliphatic heterocycles. The third-order valence-electron chi connectivity index (χ3n) is 1.26. The molecule has 0 heterocycles. The Balaban J connectivity index is 4.12. The highest BCUT2D eigenvalue weighted by molar-refractivity contribution is 5.66. The molecule has 5 heteroatoms. The molecular formula is C8H17NO4. The van der Waals surface area contributed by atoms with Crippen LogP contribution in [0.2, 0.25) is 0 Å². The Morgan fingerprint density at radius 3 is 2.31 bits per heavy atom. The molecule has 0 fully saturated rings. The highest BCUT2D eigenvalue weighted by atomic mass is 16.6. The molecule has 2 N–H and O–H groups in total. The van der Waals surface area contributed by atoms with Crippen LogP contribution in [0.1, 0.15) is 27.7 Å². The molecule has 0 bridgehead atoms. The second-order valence-electron chi connectivity index (χ2n) is 3.86. The Hall–Kier alpha value is -0.810. The summed E-state index contributed by atoms with van der Waals surface area (Å²) in [6.45, 7) is 6.28. The summed E-state index contributed by atoms with van der Waals surface area (Å²) in [7, 11) is 0. The first-order valence-corrected chi connectivity index (χ1v) is 4.10. The number of hydrogen-bond acceptors (Lipinski definition) is 4. The van der Waals surface area contributed by atoms with Crippen LogP contribution >= 0.6 is 0 Å². The Morgan fingerprint density at radius 1 is 1.54 bits per heavy atom. The number of amides is 1. The smallest absolute Gasteiger partial charge is 0.434 e. The second-order valence-corrected chi connectivity index (χ2v) is 3.86. The molecule has 0 rings (SSSR count). The number of carbonyl (C=O) groups excluding carboxylic acids is 1. The van der Waals surface area contributed by atoms with Crippen molar-refractivity contribution in [3.63, 3.8) is 0 Å². The van der Waals surface area contributed by atoms with Gasteiger partial charge in [-0.25, -0.2) is 4.79 Å². The zero-order chi connectivity index (χ0) is 10.6. The van der Waals surface area contributed by atoms with E-state index in [0.717, 1.165) is 0 Å². The number of rotatable bonds is 2. The van der Waals surface area contributed by atoms with Crippen molar-refractivity contribution < 1.29 is 19.8 Å². The van der Waals surface area contributed by atoms with Gasteiger partial charge in [0.2, 0.25) is 0 Å². The molecule has 5 nitrogen and oxygen atoms in total. The van der Waals surface area contributed by atoms with Crippen LogP contribution in [0.15, 0.2) is 0 Å². The third kappa shape index (κ3) is 4.69. The van der Waals surface area contributed by atoms with Crippen LogP contribution in [-0.2, 0) is 4.74 Å². The molecule has 0 saturated carbocycles. The van der Waals surface area contributed by atoms with Gasteiger partial charge < -0.3 is 9.84 Å². The summed E-state index contributed by atoms with van der Waals surface area (Å²) in [4.78, 5) is 11.1. The lowest BCUT2D eigenvalue weighted by Gasteiger charge is -2.25. The van der Waals surface area contributed by atoms with Gasteiger partial charge in [0, 0.05) is 0 Å². The van der Waals surface area contributed by atoms with Crippen molar-refractivity contribution in [2.75, 3.05) is 6.61 Å². The van der Waals surface area contributed by atoms with Crippen LogP contribution in [0, 0.1) is 0 Å².